The first kappa shape index (κ1) is 18.4. The minimum absolute atomic E-state index is 0.116. The van der Waals surface area contributed by atoms with Gasteiger partial charge in [-0.1, -0.05) is 29.3 Å². The van der Waals surface area contributed by atoms with Gasteiger partial charge in [-0.15, -0.1) is 0 Å². The Kier molecular flexibility index (Phi) is 5.91. The molecule has 0 aliphatic heterocycles. The van der Waals surface area contributed by atoms with Crippen LogP contribution in [0.3, 0.4) is 0 Å². The van der Waals surface area contributed by atoms with Crippen LogP contribution in [0.2, 0.25) is 0 Å². The minimum atomic E-state index is -3.82. The highest BCUT2D eigenvalue weighted by Gasteiger charge is 2.38. The molecule has 1 aromatic carbocycles. The SMILES string of the molecule is COC(=O)C(C)(CC=C(C)C)NS(=O)(=O)c1ccc(C)cc1. The van der Waals surface area contributed by atoms with Gasteiger partial charge >= 0.3 is 5.97 Å². The highest BCUT2D eigenvalue weighted by atomic mass is 32.2. The molecular formula is C16H23NO4S. The monoisotopic (exact) mass is 325 g/mol. The molecule has 5 nitrogen and oxygen atoms in total. The lowest BCUT2D eigenvalue weighted by atomic mass is 9.98. The number of nitrogens with one attached hydrogen (secondary N) is 1. The summed E-state index contributed by atoms with van der Waals surface area (Å²) in [6, 6.07) is 6.44. The number of hydrogen-bond acceptors (Lipinski definition) is 4. The van der Waals surface area contributed by atoms with Crippen LogP contribution >= 0.6 is 0 Å². The van der Waals surface area contributed by atoms with Crippen molar-refractivity contribution in [1.82, 2.24) is 4.72 Å². The van der Waals surface area contributed by atoms with Crippen LogP contribution < -0.4 is 4.72 Å². The average molecular weight is 325 g/mol. The number of aryl methyl sites for hydroxylation is 1. The normalized spacial score (nSPS) is 14.0. The largest absolute Gasteiger partial charge is 0.468 e. The summed E-state index contributed by atoms with van der Waals surface area (Å²) in [7, 11) is -2.58. The van der Waals surface area contributed by atoms with E-state index in [1.54, 1.807) is 18.2 Å². The molecule has 1 atom stereocenters. The van der Waals surface area contributed by atoms with Crippen LogP contribution in [0.25, 0.3) is 0 Å². The van der Waals surface area contributed by atoms with Gasteiger partial charge in [0.1, 0.15) is 5.54 Å². The minimum Gasteiger partial charge on any atom is -0.468 e. The maximum absolute atomic E-state index is 12.5. The van der Waals surface area contributed by atoms with Crippen molar-refractivity contribution in [2.45, 2.75) is 44.6 Å². The molecule has 0 fully saturated rings. The van der Waals surface area contributed by atoms with E-state index in [0.717, 1.165) is 11.1 Å². The van der Waals surface area contributed by atoms with E-state index < -0.39 is 21.5 Å². The predicted octanol–water partition coefficient (Wildman–Crippen LogP) is 2.56. The van der Waals surface area contributed by atoms with Crippen LogP contribution in [0.1, 0.15) is 32.8 Å². The second kappa shape index (κ2) is 7.07. The molecule has 0 spiro atoms. The van der Waals surface area contributed by atoms with E-state index in [-0.39, 0.29) is 11.3 Å². The lowest BCUT2D eigenvalue weighted by Gasteiger charge is -2.26. The summed E-state index contributed by atoms with van der Waals surface area (Å²) < 4.78 is 32.2. The highest BCUT2D eigenvalue weighted by molar-refractivity contribution is 7.89. The number of allylic oxidation sites excluding steroid dienone is 1. The number of methoxy groups -OCH3 is 1. The summed E-state index contributed by atoms with van der Waals surface area (Å²) in [5.41, 5.74) is 0.597. The van der Waals surface area contributed by atoms with E-state index >= 15 is 0 Å². The summed E-state index contributed by atoms with van der Waals surface area (Å²) in [5.74, 6) is -0.624. The Balaban J connectivity index is 3.14. The number of sulfonamides is 1. The summed E-state index contributed by atoms with van der Waals surface area (Å²) in [5, 5.41) is 0. The van der Waals surface area contributed by atoms with Gasteiger partial charge in [-0.25, -0.2) is 8.42 Å². The number of esters is 1. The molecular weight excluding hydrogens is 302 g/mol. The maximum atomic E-state index is 12.5. The van der Waals surface area contributed by atoms with Crippen molar-refractivity contribution in [2.75, 3.05) is 7.11 Å². The molecule has 0 aromatic heterocycles. The molecule has 1 N–H and O–H groups in total. The molecule has 0 saturated heterocycles. The molecule has 0 amide bonds. The van der Waals surface area contributed by atoms with Crippen LogP contribution in [0.15, 0.2) is 40.8 Å². The smallest absolute Gasteiger partial charge is 0.327 e. The van der Waals surface area contributed by atoms with Crippen molar-refractivity contribution >= 4 is 16.0 Å². The Morgan fingerprint density at radius 3 is 2.27 bits per heavy atom. The van der Waals surface area contributed by atoms with E-state index in [4.69, 9.17) is 4.74 Å². The maximum Gasteiger partial charge on any atom is 0.327 e. The third-order valence-electron chi connectivity index (χ3n) is 3.25. The lowest BCUT2D eigenvalue weighted by molar-refractivity contribution is -0.146. The second-order valence-electron chi connectivity index (χ2n) is 5.73. The number of hydrogen-bond donors (Lipinski definition) is 1. The van der Waals surface area contributed by atoms with Gasteiger partial charge in [-0.05, 0) is 46.2 Å². The number of carbonyl (C=O) groups is 1. The van der Waals surface area contributed by atoms with Crippen molar-refractivity contribution in [3.63, 3.8) is 0 Å². The molecule has 1 rings (SSSR count). The number of benzene rings is 1. The van der Waals surface area contributed by atoms with Gasteiger partial charge in [0, 0.05) is 0 Å². The van der Waals surface area contributed by atoms with E-state index in [9.17, 15) is 13.2 Å². The predicted molar refractivity (Wildman–Crippen MR) is 86.0 cm³/mol. The summed E-state index contributed by atoms with van der Waals surface area (Å²) in [4.78, 5) is 12.1. The molecule has 0 radical (unpaired) electrons. The summed E-state index contributed by atoms with van der Waals surface area (Å²) >= 11 is 0. The van der Waals surface area contributed by atoms with Gasteiger partial charge < -0.3 is 4.74 Å². The van der Waals surface area contributed by atoms with Gasteiger partial charge in [-0.3, -0.25) is 4.79 Å². The van der Waals surface area contributed by atoms with Gasteiger partial charge in [0.15, 0.2) is 0 Å². The Morgan fingerprint density at radius 2 is 1.82 bits per heavy atom. The first-order valence-electron chi connectivity index (χ1n) is 6.93. The van der Waals surface area contributed by atoms with Crippen LogP contribution in [0.4, 0.5) is 0 Å². The quantitative estimate of drug-likeness (QED) is 0.644. The van der Waals surface area contributed by atoms with E-state index in [0.29, 0.717) is 0 Å². The Labute approximate surface area is 132 Å². The van der Waals surface area contributed by atoms with Crippen molar-refractivity contribution in [2.24, 2.45) is 0 Å². The molecule has 22 heavy (non-hydrogen) atoms. The standard InChI is InChI=1S/C16H23NO4S/c1-12(2)10-11-16(4,15(18)21-5)17-22(19,20)14-8-6-13(3)7-9-14/h6-10,17H,11H2,1-5H3. The fraction of sp³-hybridized carbons (Fsp3) is 0.438. The van der Waals surface area contributed by atoms with E-state index in [1.807, 2.05) is 20.8 Å². The zero-order valence-electron chi connectivity index (χ0n) is 13.6. The van der Waals surface area contributed by atoms with Gasteiger partial charge in [0.2, 0.25) is 10.0 Å². The van der Waals surface area contributed by atoms with E-state index in [1.165, 1.54) is 26.2 Å². The Bertz CT molecular complexity index is 658. The van der Waals surface area contributed by atoms with Gasteiger partial charge in [0.25, 0.3) is 0 Å². The summed E-state index contributed by atoms with van der Waals surface area (Å²) in [6.45, 7) is 7.15. The third-order valence-corrected chi connectivity index (χ3v) is 4.86. The van der Waals surface area contributed by atoms with Gasteiger partial charge in [0.05, 0.1) is 12.0 Å². The van der Waals surface area contributed by atoms with E-state index in [2.05, 4.69) is 4.72 Å². The fourth-order valence-electron chi connectivity index (χ4n) is 1.87. The van der Waals surface area contributed by atoms with Crippen molar-refractivity contribution in [3.8, 4) is 0 Å². The first-order valence-corrected chi connectivity index (χ1v) is 8.41. The number of ether oxygens (including phenoxy) is 1. The molecule has 0 heterocycles. The van der Waals surface area contributed by atoms with Gasteiger partial charge in [-0.2, -0.15) is 4.72 Å². The molecule has 122 valence electrons. The molecule has 1 unspecified atom stereocenters. The molecule has 6 heteroatoms. The molecule has 0 bridgehead atoms. The lowest BCUT2D eigenvalue weighted by Crippen LogP contribution is -2.52. The molecule has 0 aliphatic rings. The van der Waals surface area contributed by atoms with Crippen molar-refractivity contribution < 1.29 is 17.9 Å². The Hall–Kier alpha value is -1.66. The first-order chi connectivity index (χ1) is 10.1. The van der Waals surface area contributed by atoms with Crippen molar-refractivity contribution in [1.29, 1.82) is 0 Å². The molecule has 1 aromatic rings. The summed E-state index contributed by atoms with van der Waals surface area (Å²) in [6.07, 6.45) is 2.02. The van der Waals surface area contributed by atoms with Crippen LogP contribution in [-0.4, -0.2) is 27.0 Å². The average Bonchev–Trinajstić information content (AvgIpc) is 2.44. The zero-order chi connectivity index (χ0) is 17.0. The molecule has 0 saturated carbocycles. The fourth-order valence-corrected chi connectivity index (χ4v) is 3.25. The third kappa shape index (κ3) is 4.68. The van der Waals surface area contributed by atoms with Crippen LogP contribution in [-0.2, 0) is 19.6 Å². The molecule has 0 aliphatic carbocycles. The number of carbonyl (C=O) groups excluding carboxylic acids is 1. The second-order valence-corrected chi connectivity index (χ2v) is 7.41. The highest BCUT2D eigenvalue weighted by Crippen LogP contribution is 2.19. The van der Waals surface area contributed by atoms with Crippen LogP contribution in [0.5, 0.6) is 0 Å². The van der Waals surface area contributed by atoms with Crippen molar-refractivity contribution in [3.05, 3.63) is 41.5 Å². The Morgan fingerprint density at radius 1 is 1.27 bits per heavy atom. The van der Waals surface area contributed by atoms with Crippen LogP contribution in [0, 0.1) is 6.92 Å². The topological polar surface area (TPSA) is 72.5 Å². The zero-order valence-corrected chi connectivity index (χ0v) is 14.5. The number of rotatable bonds is 6.